The zero-order valence-corrected chi connectivity index (χ0v) is 11.3. The standard InChI is InChI=1S/C12H17NO3S/c1-11(2,3)16-10(15)13-12(4,8-14)9-5-6-17-7-9/h5-8H,1-4H3,(H,13,15). The summed E-state index contributed by atoms with van der Waals surface area (Å²) in [5.41, 5.74) is -0.867. The third kappa shape index (κ3) is 3.85. The number of hydrogen-bond acceptors (Lipinski definition) is 4. The Morgan fingerprint density at radius 2 is 2.06 bits per heavy atom. The molecule has 0 aromatic carbocycles. The van der Waals surface area contributed by atoms with Crippen molar-refractivity contribution < 1.29 is 14.3 Å². The first-order valence-corrected chi connectivity index (χ1v) is 6.21. The molecule has 0 saturated carbocycles. The van der Waals surface area contributed by atoms with Gasteiger partial charge in [0.1, 0.15) is 17.4 Å². The number of hydrogen-bond donors (Lipinski definition) is 1. The van der Waals surface area contributed by atoms with Gasteiger partial charge in [0.15, 0.2) is 0 Å². The SMILES string of the molecule is CC(C)(C)OC(=O)NC(C)(C=O)c1ccsc1. The third-order valence-corrected chi connectivity index (χ3v) is 2.80. The molecule has 94 valence electrons. The van der Waals surface area contributed by atoms with Crippen LogP contribution in [0.1, 0.15) is 33.3 Å². The fourth-order valence-electron chi connectivity index (χ4n) is 1.25. The van der Waals surface area contributed by atoms with Crippen LogP contribution in [0.5, 0.6) is 0 Å². The quantitative estimate of drug-likeness (QED) is 0.845. The molecule has 0 aliphatic carbocycles. The molecule has 1 aromatic rings. The van der Waals surface area contributed by atoms with Gasteiger partial charge in [-0.3, -0.25) is 0 Å². The minimum absolute atomic E-state index is 0.581. The minimum atomic E-state index is -1.04. The van der Waals surface area contributed by atoms with Gasteiger partial charge < -0.3 is 14.8 Å². The first-order chi connectivity index (χ1) is 7.77. The average Bonchev–Trinajstić information content (AvgIpc) is 2.67. The molecule has 1 rings (SSSR count). The minimum Gasteiger partial charge on any atom is -0.444 e. The van der Waals surface area contributed by atoms with Gasteiger partial charge in [0.25, 0.3) is 0 Å². The van der Waals surface area contributed by atoms with E-state index in [-0.39, 0.29) is 0 Å². The molecular weight excluding hydrogens is 238 g/mol. The van der Waals surface area contributed by atoms with E-state index in [9.17, 15) is 9.59 Å². The summed E-state index contributed by atoms with van der Waals surface area (Å²) in [6.45, 7) is 6.96. The maximum atomic E-state index is 11.6. The van der Waals surface area contributed by atoms with E-state index in [2.05, 4.69) is 5.32 Å². The summed E-state index contributed by atoms with van der Waals surface area (Å²) in [7, 11) is 0. The van der Waals surface area contributed by atoms with Crippen molar-refractivity contribution in [3.63, 3.8) is 0 Å². The van der Waals surface area contributed by atoms with E-state index in [1.165, 1.54) is 11.3 Å². The van der Waals surface area contributed by atoms with Crippen LogP contribution >= 0.6 is 11.3 Å². The van der Waals surface area contributed by atoms with E-state index in [1.54, 1.807) is 33.8 Å². The van der Waals surface area contributed by atoms with Gasteiger partial charge in [-0.1, -0.05) is 0 Å². The molecule has 1 N–H and O–H groups in total. The third-order valence-electron chi connectivity index (χ3n) is 2.12. The van der Waals surface area contributed by atoms with E-state index in [0.717, 1.165) is 5.56 Å². The van der Waals surface area contributed by atoms with Gasteiger partial charge in [0.2, 0.25) is 0 Å². The molecule has 0 aliphatic rings. The highest BCUT2D eigenvalue weighted by Gasteiger charge is 2.30. The largest absolute Gasteiger partial charge is 0.444 e. The second kappa shape index (κ2) is 4.87. The van der Waals surface area contributed by atoms with Crippen LogP contribution in [0.2, 0.25) is 0 Å². The Morgan fingerprint density at radius 3 is 2.47 bits per heavy atom. The second-order valence-corrected chi connectivity index (χ2v) is 5.74. The lowest BCUT2D eigenvalue weighted by molar-refractivity contribution is -0.113. The zero-order valence-electron chi connectivity index (χ0n) is 10.4. The van der Waals surface area contributed by atoms with Crippen LogP contribution in [0, 0.1) is 0 Å². The molecule has 1 atom stereocenters. The molecule has 0 fully saturated rings. The van der Waals surface area contributed by atoms with Crippen molar-refractivity contribution in [3.8, 4) is 0 Å². The highest BCUT2D eigenvalue weighted by atomic mass is 32.1. The summed E-state index contributed by atoms with van der Waals surface area (Å²) in [6.07, 6.45) is 0.109. The van der Waals surface area contributed by atoms with Crippen molar-refractivity contribution in [2.24, 2.45) is 0 Å². The van der Waals surface area contributed by atoms with Crippen molar-refractivity contribution in [2.45, 2.75) is 38.8 Å². The molecule has 0 bridgehead atoms. The lowest BCUT2D eigenvalue weighted by Crippen LogP contribution is -2.46. The van der Waals surface area contributed by atoms with Crippen LogP contribution in [0.4, 0.5) is 4.79 Å². The van der Waals surface area contributed by atoms with Gasteiger partial charge in [-0.15, -0.1) is 0 Å². The number of thiophene rings is 1. The van der Waals surface area contributed by atoms with Crippen LogP contribution in [0.25, 0.3) is 0 Å². The smallest absolute Gasteiger partial charge is 0.408 e. The lowest BCUT2D eigenvalue weighted by atomic mass is 9.97. The van der Waals surface area contributed by atoms with Crippen molar-refractivity contribution in [1.29, 1.82) is 0 Å². The van der Waals surface area contributed by atoms with Crippen LogP contribution in [-0.4, -0.2) is 18.0 Å². The normalized spacial score (nSPS) is 14.8. The van der Waals surface area contributed by atoms with Gasteiger partial charge in [0, 0.05) is 0 Å². The van der Waals surface area contributed by atoms with Gasteiger partial charge >= 0.3 is 6.09 Å². The Bertz CT molecular complexity index is 394. The van der Waals surface area contributed by atoms with E-state index < -0.39 is 17.2 Å². The first kappa shape index (κ1) is 13.7. The number of rotatable bonds is 3. The van der Waals surface area contributed by atoms with E-state index in [0.29, 0.717) is 6.29 Å². The molecule has 1 heterocycles. The molecule has 0 saturated heterocycles. The van der Waals surface area contributed by atoms with Gasteiger partial charge in [0.05, 0.1) is 0 Å². The average molecular weight is 255 g/mol. The van der Waals surface area contributed by atoms with Crippen LogP contribution < -0.4 is 5.32 Å². The molecule has 1 aromatic heterocycles. The highest BCUT2D eigenvalue weighted by Crippen LogP contribution is 2.21. The summed E-state index contributed by atoms with van der Waals surface area (Å²) < 4.78 is 5.13. The summed E-state index contributed by atoms with van der Waals surface area (Å²) in [4.78, 5) is 22.8. The van der Waals surface area contributed by atoms with Gasteiger partial charge in [-0.05, 0) is 50.1 Å². The first-order valence-electron chi connectivity index (χ1n) is 5.27. The van der Waals surface area contributed by atoms with Crippen LogP contribution in [-0.2, 0) is 15.1 Å². The van der Waals surface area contributed by atoms with Crippen molar-refractivity contribution in [3.05, 3.63) is 22.4 Å². The number of alkyl carbamates (subject to hydrolysis) is 1. The number of nitrogens with one attached hydrogen (secondary N) is 1. The number of carbonyl (C=O) groups is 2. The van der Waals surface area contributed by atoms with E-state index >= 15 is 0 Å². The molecule has 1 amide bonds. The van der Waals surface area contributed by atoms with Crippen LogP contribution in [0.3, 0.4) is 0 Å². The predicted molar refractivity (Wildman–Crippen MR) is 67.1 cm³/mol. The molecule has 0 spiro atoms. The highest BCUT2D eigenvalue weighted by molar-refractivity contribution is 7.08. The molecule has 1 unspecified atom stereocenters. The van der Waals surface area contributed by atoms with Crippen molar-refractivity contribution in [2.75, 3.05) is 0 Å². The fraction of sp³-hybridized carbons (Fsp3) is 0.500. The molecule has 5 heteroatoms. The Kier molecular flexibility index (Phi) is 3.93. The van der Waals surface area contributed by atoms with E-state index in [4.69, 9.17) is 4.74 Å². The van der Waals surface area contributed by atoms with Crippen molar-refractivity contribution >= 4 is 23.7 Å². The maximum absolute atomic E-state index is 11.6. The molecule has 0 radical (unpaired) electrons. The Balaban J connectivity index is 2.77. The zero-order chi connectivity index (χ0) is 13.1. The summed E-state index contributed by atoms with van der Waals surface area (Å²) in [6, 6.07) is 1.80. The Morgan fingerprint density at radius 1 is 1.41 bits per heavy atom. The predicted octanol–water partition coefficient (Wildman–Crippen LogP) is 2.69. The summed E-state index contributed by atoms with van der Waals surface area (Å²) in [5, 5.41) is 6.26. The molecule has 4 nitrogen and oxygen atoms in total. The fourth-order valence-corrected chi connectivity index (χ4v) is 2.02. The number of ether oxygens (including phenoxy) is 1. The molecule has 17 heavy (non-hydrogen) atoms. The monoisotopic (exact) mass is 255 g/mol. The van der Waals surface area contributed by atoms with Gasteiger partial charge in [-0.25, -0.2) is 4.79 Å². The Labute approximate surface area is 105 Å². The van der Waals surface area contributed by atoms with Crippen LogP contribution in [0.15, 0.2) is 16.8 Å². The Hall–Kier alpha value is -1.36. The number of amides is 1. The molecular formula is C12H17NO3S. The van der Waals surface area contributed by atoms with E-state index in [1.807, 2.05) is 10.8 Å². The van der Waals surface area contributed by atoms with Crippen molar-refractivity contribution in [1.82, 2.24) is 5.32 Å². The summed E-state index contributed by atoms with van der Waals surface area (Å²) >= 11 is 1.47. The number of carbonyl (C=O) groups excluding carboxylic acids is 2. The van der Waals surface area contributed by atoms with Gasteiger partial charge in [-0.2, -0.15) is 11.3 Å². The molecule has 0 aliphatic heterocycles. The topological polar surface area (TPSA) is 55.4 Å². The second-order valence-electron chi connectivity index (χ2n) is 4.96. The maximum Gasteiger partial charge on any atom is 0.408 e. The number of aldehydes is 1. The summed E-state index contributed by atoms with van der Waals surface area (Å²) in [5.74, 6) is 0. The lowest BCUT2D eigenvalue weighted by Gasteiger charge is -2.27.